The SMILES string of the molecule is Cc1cc(C)c(C(=O)N2CC[C@@]3(CCCN(CCCc4ccccc4)C3)C2)c(=O)[nH]1. The predicted octanol–water partition coefficient (Wildman–Crippen LogP) is 3.55. The second-order valence-electron chi connectivity index (χ2n) is 9.29. The van der Waals surface area contributed by atoms with Crippen molar-refractivity contribution in [3.05, 3.63) is 69.1 Å². The van der Waals surface area contributed by atoms with Gasteiger partial charge in [0, 0.05) is 30.7 Å². The van der Waals surface area contributed by atoms with Crippen LogP contribution < -0.4 is 5.56 Å². The Labute approximate surface area is 179 Å². The minimum absolute atomic E-state index is 0.105. The summed E-state index contributed by atoms with van der Waals surface area (Å²) in [6.45, 7) is 8.56. The minimum atomic E-state index is -0.260. The quantitative estimate of drug-likeness (QED) is 0.825. The van der Waals surface area contributed by atoms with Crippen molar-refractivity contribution in [3.63, 3.8) is 0 Å². The molecule has 2 aliphatic rings. The van der Waals surface area contributed by atoms with Gasteiger partial charge in [-0.1, -0.05) is 30.3 Å². The fraction of sp³-hybridized carbons (Fsp3) is 0.520. The first-order valence-electron chi connectivity index (χ1n) is 11.2. The lowest BCUT2D eigenvalue weighted by atomic mass is 9.79. The van der Waals surface area contributed by atoms with Gasteiger partial charge < -0.3 is 14.8 Å². The zero-order chi connectivity index (χ0) is 21.1. The van der Waals surface area contributed by atoms with E-state index in [0.717, 1.165) is 56.8 Å². The van der Waals surface area contributed by atoms with Crippen LogP contribution in [0.15, 0.2) is 41.2 Å². The third-order valence-corrected chi connectivity index (χ3v) is 6.83. The largest absolute Gasteiger partial charge is 0.338 e. The maximum absolute atomic E-state index is 13.1. The van der Waals surface area contributed by atoms with Crippen molar-refractivity contribution in [2.24, 2.45) is 5.41 Å². The lowest BCUT2D eigenvalue weighted by Crippen LogP contribution is -2.46. The first-order valence-corrected chi connectivity index (χ1v) is 11.2. The zero-order valence-electron chi connectivity index (χ0n) is 18.2. The number of nitrogens with zero attached hydrogens (tertiary/aromatic N) is 2. The molecule has 0 radical (unpaired) electrons. The number of hydrogen-bond donors (Lipinski definition) is 1. The number of piperidine rings is 1. The van der Waals surface area contributed by atoms with Gasteiger partial charge in [0.15, 0.2) is 0 Å². The van der Waals surface area contributed by atoms with E-state index in [1.54, 1.807) is 0 Å². The van der Waals surface area contributed by atoms with Crippen molar-refractivity contribution in [2.45, 2.75) is 46.0 Å². The molecule has 1 atom stereocenters. The molecule has 2 aliphatic heterocycles. The summed E-state index contributed by atoms with van der Waals surface area (Å²) in [6, 6.07) is 12.6. The van der Waals surface area contributed by atoms with E-state index in [9.17, 15) is 9.59 Å². The lowest BCUT2D eigenvalue weighted by molar-refractivity contribution is 0.0686. The number of H-pyrrole nitrogens is 1. The number of rotatable bonds is 5. The van der Waals surface area contributed by atoms with Crippen LogP contribution in [0.1, 0.15) is 52.9 Å². The minimum Gasteiger partial charge on any atom is -0.338 e. The molecular weight excluding hydrogens is 374 g/mol. The number of benzene rings is 1. The van der Waals surface area contributed by atoms with Gasteiger partial charge in [-0.15, -0.1) is 0 Å². The summed E-state index contributed by atoms with van der Waals surface area (Å²) >= 11 is 0. The number of carbonyl (C=O) groups is 1. The van der Waals surface area contributed by atoms with Crippen molar-refractivity contribution < 1.29 is 4.79 Å². The Morgan fingerprint density at radius 3 is 2.67 bits per heavy atom. The topological polar surface area (TPSA) is 56.4 Å². The molecule has 2 fully saturated rings. The lowest BCUT2D eigenvalue weighted by Gasteiger charge is -2.40. The summed E-state index contributed by atoms with van der Waals surface area (Å²) in [6.07, 6.45) is 5.69. The molecule has 5 nitrogen and oxygen atoms in total. The van der Waals surface area contributed by atoms with Gasteiger partial charge in [0.2, 0.25) is 0 Å². The van der Waals surface area contributed by atoms with Crippen molar-refractivity contribution in [1.82, 2.24) is 14.8 Å². The van der Waals surface area contributed by atoms with Crippen molar-refractivity contribution in [2.75, 3.05) is 32.7 Å². The average Bonchev–Trinajstić information content (AvgIpc) is 3.11. The third-order valence-electron chi connectivity index (χ3n) is 6.83. The number of pyridine rings is 1. The first kappa shape index (κ1) is 20.9. The standard InChI is InChI=1S/C25H33N3O2/c1-19-16-20(2)26-23(29)22(19)24(30)28-15-12-25(18-28)11-7-14-27(17-25)13-6-10-21-8-4-3-5-9-21/h3-5,8-9,16H,6-7,10-15,17-18H2,1-2H3,(H,26,29)/t25-/m1/s1. The van der Waals surface area contributed by atoms with Crippen LogP contribution in [0.25, 0.3) is 0 Å². The van der Waals surface area contributed by atoms with Crippen LogP contribution in [0.2, 0.25) is 0 Å². The zero-order valence-corrected chi connectivity index (χ0v) is 18.2. The summed E-state index contributed by atoms with van der Waals surface area (Å²) in [7, 11) is 0. The van der Waals surface area contributed by atoms with Gasteiger partial charge in [-0.25, -0.2) is 0 Å². The maximum Gasteiger partial charge on any atom is 0.261 e. The number of amides is 1. The molecule has 1 aromatic carbocycles. The molecule has 0 bridgehead atoms. The van der Waals surface area contributed by atoms with Gasteiger partial charge in [-0.05, 0) is 76.2 Å². The van der Waals surface area contributed by atoms with Gasteiger partial charge in [0.25, 0.3) is 11.5 Å². The highest BCUT2D eigenvalue weighted by molar-refractivity contribution is 5.95. The van der Waals surface area contributed by atoms with Crippen LogP contribution in [0, 0.1) is 19.3 Å². The van der Waals surface area contributed by atoms with E-state index in [1.807, 2.05) is 24.8 Å². The molecule has 30 heavy (non-hydrogen) atoms. The Morgan fingerprint density at radius 1 is 1.10 bits per heavy atom. The molecule has 1 amide bonds. The third kappa shape index (κ3) is 4.51. The van der Waals surface area contributed by atoms with E-state index in [4.69, 9.17) is 0 Å². The van der Waals surface area contributed by atoms with Gasteiger partial charge in [-0.2, -0.15) is 0 Å². The molecule has 0 saturated carbocycles. The summed E-state index contributed by atoms with van der Waals surface area (Å²) < 4.78 is 0. The molecule has 5 heteroatoms. The fourth-order valence-electron chi connectivity index (χ4n) is 5.37. The molecule has 4 rings (SSSR count). The highest BCUT2D eigenvalue weighted by Crippen LogP contribution is 2.39. The summed E-state index contributed by atoms with van der Waals surface area (Å²) in [5.74, 6) is -0.105. The first-order chi connectivity index (χ1) is 14.5. The van der Waals surface area contributed by atoms with E-state index in [-0.39, 0.29) is 16.9 Å². The van der Waals surface area contributed by atoms with Gasteiger partial charge in [0.05, 0.1) is 0 Å². The van der Waals surface area contributed by atoms with Crippen molar-refractivity contribution in [1.29, 1.82) is 0 Å². The highest BCUT2D eigenvalue weighted by Gasteiger charge is 2.43. The Morgan fingerprint density at radius 2 is 1.90 bits per heavy atom. The van der Waals surface area contributed by atoms with E-state index >= 15 is 0 Å². The van der Waals surface area contributed by atoms with E-state index in [0.29, 0.717) is 5.56 Å². The summed E-state index contributed by atoms with van der Waals surface area (Å²) in [4.78, 5) is 32.8. The van der Waals surface area contributed by atoms with Crippen LogP contribution >= 0.6 is 0 Å². The van der Waals surface area contributed by atoms with E-state index in [2.05, 4.69) is 40.2 Å². The average molecular weight is 408 g/mol. The van der Waals surface area contributed by atoms with E-state index in [1.165, 1.54) is 24.8 Å². The molecule has 2 saturated heterocycles. The number of hydrogen-bond acceptors (Lipinski definition) is 3. The smallest absolute Gasteiger partial charge is 0.261 e. The molecule has 3 heterocycles. The summed E-state index contributed by atoms with van der Waals surface area (Å²) in [5, 5.41) is 0. The van der Waals surface area contributed by atoms with Crippen LogP contribution in [-0.2, 0) is 6.42 Å². The summed E-state index contributed by atoms with van der Waals surface area (Å²) in [5.41, 5.74) is 3.21. The van der Waals surface area contributed by atoms with Crippen molar-refractivity contribution in [3.8, 4) is 0 Å². The number of aromatic amines is 1. The second kappa shape index (κ2) is 8.76. The molecule has 1 aromatic heterocycles. The molecule has 1 N–H and O–H groups in total. The number of aromatic nitrogens is 1. The van der Waals surface area contributed by atoms with Crippen LogP contribution in [0.3, 0.4) is 0 Å². The number of nitrogens with one attached hydrogen (secondary N) is 1. The Balaban J connectivity index is 1.36. The van der Waals surface area contributed by atoms with Gasteiger partial charge >= 0.3 is 0 Å². The molecule has 2 aromatic rings. The van der Waals surface area contributed by atoms with Crippen LogP contribution in [0.5, 0.6) is 0 Å². The maximum atomic E-state index is 13.1. The van der Waals surface area contributed by atoms with Crippen molar-refractivity contribution >= 4 is 5.91 Å². The number of aryl methyl sites for hydroxylation is 3. The van der Waals surface area contributed by atoms with Gasteiger partial charge in [0.1, 0.15) is 5.56 Å². The van der Waals surface area contributed by atoms with Gasteiger partial charge in [-0.3, -0.25) is 9.59 Å². The van der Waals surface area contributed by atoms with E-state index < -0.39 is 0 Å². The Bertz CT molecular complexity index is 953. The normalized spacial score (nSPS) is 22.0. The highest BCUT2D eigenvalue weighted by atomic mass is 16.2. The molecule has 0 unspecified atom stereocenters. The molecule has 160 valence electrons. The number of likely N-dealkylation sites (tertiary alicyclic amines) is 2. The molecule has 1 spiro atoms. The fourth-order valence-corrected chi connectivity index (χ4v) is 5.37. The number of carbonyl (C=O) groups excluding carboxylic acids is 1. The molecule has 0 aliphatic carbocycles. The monoisotopic (exact) mass is 407 g/mol. The molecular formula is C25H33N3O2. The van der Waals surface area contributed by atoms with Crippen LogP contribution in [0.4, 0.5) is 0 Å². The Hall–Kier alpha value is -2.40. The predicted molar refractivity (Wildman–Crippen MR) is 120 cm³/mol. The Kier molecular flexibility index (Phi) is 6.09. The second-order valence-corrected chi connectivity index (χ2v) is 9.29. The van der Waals surface area contributed by atoms with Crippen LogP contribution in [-0.4, -0.2) is 53.4 Å².